The van der Waals surface area contributed by atoms with Gasteiger partial charge in [-0.3, -0.25) is 0 Å². The molecule has 2 nitrogen and oxygen atoms in total. The van der Waals surface area contributed by atoms with Crippen LogP contribution in [0.15, 0.2) is 18.2 Å². The molecular formula is C14H20F2N2. The second kappa shape index (κ2) is 5.65. The smallest absolute Gasteiger partial charge is 0.160 e. The fourth-order valence-electron chi connectivity index (χ4n) is 2.62. The van der Waals surface area contributed by atoms with Crippen molar-refractivity contribution in [2.45, 2.75) is 32.2 Å². The maximum atomic E-state index is 13.2. The van der Waals surface area contributed by atoms with Crippen LogP contribution in [0, 0.1) is 17.6 Å². The summed E-state index contributed by atoms with van der Waals surface area (Å²) in [5.41, 5.74) is 6.87. The van der Waals surface area contributed by atoms with Gasteiger partial charge in [0.2, 0.25) is 0 Å². The molecule has 0 radical (unpaired) electrons. The molecule has 1 aromatic carbocycles. The largest absolute Gasteiger partial charge is 0.371 e. The Kier molecular flexibility index (Phi) is 4.17. The molecule has 1 aliphatic rings. The molecule has 1 saturated heterocycles. The van der Waals surface area contributed by atoms with Gasteiger partial charge in [-0.1, -0.05) is 13.3 Å². The highest BCUT2D eigenvalue weighted by Gasteiger charge is 2.27. The monoisotopic (exact) mass is 254 g/mol. The predicted molar refractivity (Wildman–Crippen MR) is 69.6 cm³/mol. The number of hydrogen-bond acceptors (Lipinski definition) is 2. The first-order valence-electron chi connectivity index (χ1n) is 6.57. The molecule has 2 atom stereocenters. The highest BCUT2D eigenvalue weighted by Crippen LogP contribution is 2.27. The minimum Gasteiger partial charge on any atom is -0.371 e. The van der Waals surface area contributed by atoms with E-state index in [1.165, 1.54) is 12.1 Å². The van der Waals surface area contributed by atoms with Crippen LogP contribution in [0.25, 0.3) is 0 Å². The van der Waals surface area contributed by atoms with Gasteiger partial charge in [-0.2, -0.15) is 0 Å². The van der Waals surface area contributed by atoms with E-state index in [0.29, 0.717) is 5.92 Å². The molecule has 2 unspecified atom stereocenters. The van der Waals surface area contributed by atoms with E-state index < -0.39 is 11.6 Å². The van der Waals surface area contributed by atoms with Crippen molar-refractivity contribution in [1.29, 1.82) is 0 Å². The van der Waals surface area contributed by atoms with Gasteiger partial charge in [0.05, 0.1) is 0 Å². The summed E-state index contributed by atoms with van der Waals surface area (Å²) >= 11 is 0. The standard InChI is InChI=1S/C14H20F2N2/c1-2-3-14(17)10-6-7-18(9-10)11-4-5-12(15)13(16)8-11/h4-5,8,10,14H,2-3,6-7,9,17H2,1H3. The summed E-state index contributed by atoms with van der Waals surface area (Å²) in [6.07, 6.45) is 3.14. The third-order valence-corrected chi connectivity index (χ3v) is 3.72. The molecule has 100 valence electrons. The van der Waals surface area contributed by atoms with E-state index in [1.54, 1.807) is 6.07 Å². The maximum absolute atomic E-state index is 13.2. The van der Waals surface area contributed by atoms with Gasteiger partial charge in [0.1, 0.15) is 0 Å². The number of benzene rings is 1. The fourth-order valence-corrected chi connectivity index (χ4v) is 2.62. The highest BCUT2D eigenvalue weighted by molar-refractivity contribution is 5.47. The van der Waals surface area contributed by atoms with Gasteiger partial charge in [-0.15, -0.1) is 0 Å². The van der Waals surface area contributed by atoms with Gasteiger partial charge >= 0.3 is 0 Å². The molecule has 0 aliphatic carbocycles. The van der Waals surface area contributed by atoms with Gasteiger partial charge in [0.15, 0.2) is 11.6 Å². The minimum atomic E-state index is -0.794. The van der Waals surface area contributed by atoms with E-state index in [9.17, 15) is 8.78 Å². The molecule has 0 saturated carbocycles. The third kappa shape index (κ3) is 2.80. The van der Waals surface area contributed by atoms with E-state index in [0.717, 1.165) is 38.0 Å². The predicted octanol–water partition coefficient (Wildman–Crippen LogP) is 2.92. The fraction of sp³-hybridized carbons (Fsp3) is 0.571. The Labute approximate surface area is 107 Å². The van der Waals surface area contributed by atoms with Crippen molar-refractivity contribution >= 4 is 5.69 Å². The third-order valence-electron chi connectivity index (χ3n) is 3.72. The molecule has 0 amide bonds. The van der Waals surface area contributed by atoms with Crippen LogP contribution in [0.5, 0.6) is 0 Å². The van der Waals surface area contributed by atoms with Crippen molar-refractivity contribution in [1.82, 2.24) is 0 Å². The van der Waals surface area contributed by atoms with Crippen molar-refractivity contribution in [3.63, 3.8) is 0 Å². The molecule has 2 N–H and O–H groups in total. The van der Waals surface area contributed by atoms with Gasteiger partial charge in [0, 0.05) is 30.9 Å². The number of halogens is 2. The average Bonchev–Trinajstić information content (AvgIpc) is 2.82. The molecule has 18 heavy (non-hydrogen) atoms. The van der Waals surface area contributed by atoms with Crippen molar-refractivity contribution in [3.8, 4) is 0 Å². The lowest BCUT2D eigenvalue weighted by atomic mass is 9.96. The second-order valence-corrected chi connectivity index (χ2v) is 5.05. The first-order valence-corrected chi connectivity index (χ1v) is 6.57. The zero-order chi connectivity index (χ0) is 13.1. The number of rotatable bonds is 4. The van der Waals surface area contributed by atoms with E-state index in [4.69, 9.17) is 5.73 Å². The van der Waals surface area contributed by atoms with Crippen molar-refractivity contribution < 1.29 is 8.78 Å². The lowest BCUT2D eigenvalue weighted by Gasteiger charge is -2.21. The van der Waals surface area contributed by atoms with Crippen LogP contribution in [0.2, 0.25) is 0 Å². The Morgan fingerprint density at radius 1 is 1.39 bits per heavy atom. The maximum Gasteiger partial charge on any atom is 0.160 e. The van der Waals surface area contributed by atoms with Crippen LogP contribution < -0.4 is 10.6 Å². The first kappa shape index (κ1) is 13.3. The summed E-state index contributed by atoms with van der Waals surface area (Å²) in [5, 5.41) is 0. The summed E-state index contributed by atoms with van der Waals surface area (Å²) in [6.45, 7) is 3.83. The summed E-state index contributed by atoms with van der Waals surface area (Å²) in [7, 11) is 0. The molecule has 1 aliphatic heterocycles. The normalized spacial score (nSPS) is 21.3. The molecule has 4 heteroatoms. The summed E-state index contributed by atoms with van der Waals surface area (Å²) in [4.78, 5) is 2.09. The second-order valence-electron chi connectivity index (χ2n) is 5.05. The topological polar surface area (TPSA) is 29.3 Å². The number of hydrogen-bond donors (Lipinski definition) is 1. The average molecular weight is 254 g/mol. The van der Waals surface area contributed by atoms with Crippen LogP contribution in [0.3, 0.4) is 0 Å². The Balaban J connectivity index is 2.01. The van der Waals surface area contributed by atoms with Crippen molar-refractivity contribution in [3.05, 3.63) is 29.8 Å². The molecule has 0 aromatic heterocycles. The molecule has 1 aromatic rings. The Morgan fingerprint density at radius 3 is 2.83 bits per heavy atom. The van der Waals surface area contributed by atoms with Crippen LogP contribution in [0.4, 0.5) is 14.5 Å². The molecule has 0 bridgehead atoms. The molecule has 1 fully saturated rings. The van der Waals surface area contributed by atoms with Crippen LogP contribution >= 0.6 is 0 Å². The van der Waals surface area contributed by atoms with Crippen molar-refractivity contribution in [2.24, 2.45) is 11.7 Å². The Hall–Kier alpha value is -1.16. The van der Waals surface area contributed by atoms with E-state index in [-0.39, 0.29) is 6.04 Å². The number of nitrogens with zero attached hydrogens (tertiary/aromatic N) is 1. The van der Waals surface area contributed by atoms with Crippen LogP contribution in [0.1, 0.15) is 26.2 Å². The van der Waals surface area contributed by atoms with E-state index in [1.807, 2.05) is 0 Å². The van der Waals surface area contributed by atoms with Crippen LogP contribution in [-0.2, 0) is 0 Å². The summed E-state index contributed by atoms with van der Waals surface area (Å²) in [5.74, 6) is -1.12. The first-order chi connectivity index (χ1) is 8.61. The summed E-state index contributed by atoms with van der Waals surface area (Å²) < 4.78 is 26.1. The van der Waals surface area contributed by atoms with Gasteiger partial charge in [-0.05, 0) is 30.9 Å². The SMILES string of the molecule is CCCC(N)C1CCN(c2ccc(F)c(F)c2)C1. The lowest BCUT2D eigenvalue weighted by Crippen LogP contribution is -2.32. The number of anilines is 1. The van der Waals surface area contributed by atoms with Gasteiger partial charge in [-0.25, -0.2) is 8.78 Å². The molecule has 2 rings (SSSR count). The minimum absolute atomic E-state index is 0.213. The summed E-state index contributed by atoms with van der Waals surface area (Å²) in [6, 6.07) is 4.30. The van der Waals surface area contributed by atoms with Gasteiger partial charge < -0.3 is 10.6 Å². The van der Waals surface area contributed by atoms with Crippen molar-refractivity contribution in [2.75, 3.05) is 18.0 Å². The zero-order valence-corrected chi connectivity index (χ0v) is 10.7. The van der Waals surface area contributed by atoms with E-state index in [2.05, 4.69) is 11.8 Å². The zero-order valence-electron chi connectivity index (χ0n) is 10.7. The van der Waals surface area contributed by atoms with Crippen LogP contribution in [-0.4, -0.2) is 19.1 Å². The molecular weight excluding hydrogens is 234 g/mol. The lowest BCUT2D eigenvalue weighted by molar-refractivity contribution is 0.430. The molecule has 0 spiro atoms. The Bertz CT molecular complexity index is 409. The molecule has 1 heterocycles. The van der Waals surface area contributed by atoms with Gasteiger partial charge in [0.25, 0.3) is 0 Å². The highest BCUT2D eigenvalue weighted by atomic mass is 19.2. The number of nitrogens with two attached hydrogens (primary N) is 1. The van der Waals surface area contributed by atoms with E-state index >= 15 is 0 Å². The quantitative estimate of drug-likeness (QED) is 0.895. The Morgan fingerprint density at radius 2 is 2.17 bits per heavy atom.